The molecular formula is C49H82FN5O12. The van der Waals surface area contributed by atoms with E-state index in [1.165, 1.54) is 26.2 Å². The van der Waals surface area contributed by atoms with Gasteiger partial charge < -0.3 is 63.8 Å². The first-order valence-corrected chi connectivity index (χ1v) is 24.2. The summed E-state index contributed by atoms with van der Waals surface area (Å²) >= 11 is 0. The third-order valence-electron chi connectivity index (χ3n) is 15.2. The zero-order valence-corrected chi connectivity index (χ0v) is 42.1. The van der Waals surface area contributed by atoms with Gasteiger partial charge >= 0.3 is 5.97 Å². The predicted octanol–water partition coefficient (Wildman–Crippen LogP) is 3.60. The van der Waals surface area contributed by atoms with Gasteiger partial charge in [-0.1, -0.05) is 39.0 Å². The molecule has 1 unspecified atom stereocenters. The summed E-state index contributed by atoms with van der Waals surface area (Å²) in [5, 5.41) is 68.4. The van der Waals surface area contributed by atoms with Gasteiger partial charge in [0.25, 0.3) is 0 Å². The number of aliphatic hydroxyl groups excluding tert-OH is 3. The average molecular weight is 952 g/mol. The number of carbonyl (C=O) groups is 1. The molecule has 18 heteroatoms. The van der Waals surface area contributed by atoms with Crippen molar-refractivity contribution in [3.05, 3.63) is 42.0 Å². The van der Waals surface area contributed by atoms with E-state index in [0.717, 1.165) is 5.69 Å². The minimum absolute atomic E-state index is 0.175. The maximum absolute atomic E-state index is 14.6. The number of hydrogen-bond acceptors (Lipinski definition) is 16. The van der Waals surface area contributed by atoms with E-state index in [9.17, 15) is 34.7 Å². The number of ether oxygens (including phenoxy) is 6. The SMILES string of the molecule is CC[C@H]1OC(=O)[C@H](C)C([C@H]2C[C@@](C)(OC)[C@@H](O)[C@H](C)O2)[C@H](C)[C@@H](O[C@@H]2O[C@H](C)C[C@H](N(C)CCc3cn(CCOc4cccc(F)c4)nn3)[C@H]2O)[C@](C)(O)C[C@@H](C)CN(C)[C@H](C)[C@@H](O)[C@]1(C)O. The van der Waals surface area contributed by atoms with Crippen molar-refractivity contribution in [3.8, 4) is 5.75 Å². The fraction of sp³-hybridized carbons (Fsp3) is 0.816. The molecule has 1 aromatic carbocycles. The minimum atomic E-state index is -1.82. The van der Waals surface area contributed by atoms with E-state index in [4.69, 9.17) is 28.4 Å². The first-order chi connectivity index (χ1) is 31.3. The fourth-order valence-electron chi connectivity index (χ4n) is 11.0. The number of aliphatic hydroxyl groups is 5. The van der Waals surface area contributed by atoms with E-state index in [0.29, 0.717) is 38.2 Å². The van der Waals surface area contributed by atoms with Crippen LogP contribution in [0.25, 0.3) is 0 Å². The molecule has 4 heterocycles. The lowest BCUT2D eigenvalue weighted by molar-refractivity contribution is -0.302. The molecule has 2 aromatic rings. The average Bonchev–Trinajstić information content (AvgIpc) is 3.72. The number of likely N-dealkylation sites (N-methyl/N-ethyl adjacent to an activating group) is 2. The molecule has 3 aliphatic rings. The van der Waals surface area contributed by atoms with E-state index >= 15 is 0 Å². The van der Waals surface area contributed by atoms with Gasteiger partial charge in [0.05, 0.1) is 53.8 Å². The van der Waals surface area contributed by atoms with Crippen molar-refractivity contribution in [1.82, 2.24) is 24.8 Å². The molecule has 0 saturated carbocycles. The van der Waals surface area contributed by atoms with Gasteiger partial charge in [0.2, 0.25) is 0 Å². The molecule has 382 valence electrons. The van der Waals surface area contributed by atoms with Gasteiger partial charge in [-0.15, -0.1) is 5.10 Å². The second-order valence-corrected chi connectivity index (χ2v) is 20.8. The molecule has 18 atom stereocenters. The van der Waals surface area contributed by atoms with E-state index < -0.39 is 102 Å². The fourth-order valence-corrected chi connectivity index (χ4v) is 11.0. The summed E-state index contributed by atoms with van der Waals surface area (Å²) in [6, 6.07) is 4.98. The van der Waals surface area contributed by atoms with Crippen molar-refractivity contribution >= 4 is 5.97 Å². The second-order valence-electron chi connectivity index (χ2n) is 20.8. The van der Waals surface area contributed by atoms with E-state index in [2.05, 4.69) is 10.3 Å². The highest BCUT2D eigenvalue weighted by molar-refractivity contribution is 5.73. The molecule has 0 radical (unpaired) electrons. The van der Waals surface area contributed by atoms with Gasteiger partial charge in [-0.3, -0.25) is 4.79 Å². The highest BCUT2D eigenvalue weighted by Gasteiger charge is 2.55. The van der Waals surface area contributed by atoms with Crippen molar-refractivity contribution in [3.63, 3.8) is 0 Å². The lowest BCUT2D eigenvalue weighted by Crippen LogP contribution is -2.62. The van der Waals surface area contributed by atoms with Crippen LogP contribution in [0, 0.1) is 29.5 Å². The normalized spacial score (nSPS) is 41.1. The Balaban J connectivity index is 1.43. The third kappa shape index (κ3) is 13.1. The first kappa shape index (κ1) is 55.1. The van der Waals surface area contributed by atoms with Crippen LogP contribution in [-0.4, -0.2) is 181 Å². The van der Waals surface area contributed by atoms with Crippen LogP contribution in [-0.2, 0) is 41.4 Å². The molecule has 0 spiro atoms. The number of hydrogen-bond donors (Lipinski definition) is 5. The number of cyclic esters (lactones) is 1. The van der Waals surface area contributed by atoms with Crippen molar-refractivity contribution in [2.24, 2.45) is 23.7 Å². The number of esters is 1. The molecule has 67 heavy (non-hydrogen) atoms. The summed E-state index contributed by atoms with van der Waals surface area (Å²) in [6.45, 7) is 19.5. The molecule has 0 bridgehead atoms. The highest BCUT2D eigenvalue weighted by Crippen LogP contribution is 2.45. The summed E-state index contributed by atoms with van der Waals surface area (Å²) < 4.78 is 53.0. The molecule has 0 amide bonds. The highest BCUT2D eigenvalue weighted by atomic mass is 19.1. The number of carbonyl (C=O) groups excluding carboxylic acids is 1. The van der Waals surface area contributed by atoms with Gasteiger partial charge in [0.15, 0.2) is 6.29 Å². The molecule has 3 saturated heterocycles. The second kappa shape index (κ2) is 22.9. The smallest absolute Gasteiger partial charge is 0.309 e. The zero-order chi connectivity index (χ0) is 49.8. The van der Waals surface area contributed by atoms with Crippen molar-refractivity contribution in [2.45, 2.75) is 192 Å². The Hall–Kier alpha value is -2.88. The molecule has 5 N–H and O–H groups in total. The summed E-state index contributed by atoms with van der Waals surface area (Å²) in [5.74, 6) is -3.10. The van der Waals surface area contributed by atoms with E-state index in [-0.39, 0.29) is 43.7 Å². The van der Waals surface area contributed by atoms with Crippen molar-refractivity contribution < 1.29 is 63.1 Å². The van der Waals surface area contributed by atoms with Crippen LogP contribution in [0.1, 0.15) is 101 Å². The molecule has 1 aromatic heterocycles. The number of benzene rings is 1. The topological polar surface area (TPSA) is 211 Å². The summed E-state index contributed by atoms with van der Waals surface area (Å²) in [4.78, 5) is 18.5. The Bertz CT molecular complexity index is 1880. The summed E-state index contributed by atoms with van der Waals surface area (Å²) in [7, 11) is 5.29. The largest absolute Gasteiger partial charge is 0.492 e. The number of nitrogens with zero attached hydrogens (tertiary/aromatic N) is 5. The Morgan fingerprint density at radius 3 is 2.37 bits per heavy atom. The number of rotatable bonds is 13. The van der Waals surface area contributed by atoms with Gasteiger partial charge in [0.1, 0.15) is 48.2 Å². The molecule has 3 aliphatic heterocycles. The van der Waals surface area contributed by atoms with Gasteiger partial charge in [-0.2, -0.15) is 0 Å². The van der Waals surface area contributed by atoms with E-state index in [1.54, 1.807) is 58.4 Å². The summed E-state index contributed by atoms with van der Waals surface area (Å²) in [5.41, 5.74) is -3.72. The Labute approximate surface area is 397 Å². The standard InChI is InChI=1S/C49H82FN5O12/c1-14-39-49(10,61)42(57)32(6)54(12)26-28(2)24-47(8,60)44(30(4)40(31(5)45(59)66-39)38-25-48(9,62-13)43(58)33(7)65-38)67-46-41(56)37(22-29(3)64-46)53(11)19-18-35-27-55(52-51-35)20-21-63-36-17-15-16-34(50)23-36/h15-17,23,27-33,37-44,46,56-58,60-61H,14,18-22,24-26H2,1-13H3/t28-,29-,30+,31-,32-,33+,37+,38-,39-,40?,41-,42-,43+,44-,46+,47-,48-,49-/m1/s1. The minimum Gasteiger partial charge on any atom is -0.492 e. The number of methoxy groups -OCH3 is 1. The van der Waals surface area contributed by atoms with E-state index in [1.807, 2.05) is 50.9 Å². The maximum Gasteiger partial charge on any atom is 0.309 e. The zero-order valence-electron chi connectivity index (χ0n) is 42.1. The van der Waals surface area contributed by atoms with Crippen LogP contribution < -0.4 is 4.74 Å². The third-order valence-corrected chi connectivity index (χ3v) is 15.2. The number of halogens is 1. The lowest BCUT2D eigenvalue weighted by Gasteiger charge is -2.51. The predicted molar refractivity (Wildman–Crippen MR) is 247 cm³/mol. The van der Waals surface area contributed by atoms with Crippen molar-refractivity contribution in [1.29, 1.82) is 0 Å². The number of aromatic nitrogens is 3. The molecular weight excluding hydrogens is 870 g/mol. The molecule has 17 nitrogen and oxygen atoms in total. The molecule has 5 rings (SSSR count). The van der Waals surface area contributed by atoms with Crippen LogP contribution in [0.3, 0.4) is 0 Å². The molecule has 3 fully saturated rings. The van der Waals surface area contributed by atoms with Crippen LogP contribution in [0.2, 0.25) is 0 Å². The van der Waals surface area contributed by atoms with Crippen LogP contribution in [0.4, 0.5) is 4.39 Å². The Morgan fingerprint density at radius 2 is 1.72 bits per heavy atom. The van der Waals surface area contributed by atoms with Gasteiger partial charge in [-0.25, -0.2) is 9.07 Å². The Kier molecular flexibility index (Phi) is 18.8. The molecule has 0 aliphatic carbocycles. The van der Waals surface area contributed by atoms with Gasteiger partial charge in [-0.05, 0) is 98.9 Å². The van der Waals surface area contributed by atoms with Gasteiger partial charge in [0, 0.05) is 63.3 Å². The van der Waals surface area contributed by atoms with Crippen LogP contribution in [0.15, 0.2) is 30.5 Å². The monoisotopic (exact) mass is 952 g/mol. The summed E-state index contributed by atoms with van der Waals surface area (Å²) in [6.07, 6.45) is -5.05. The Morgan fingerprint density at radius 1 is 1.01 bits per heavy atom. The van der Waals surface area contributed by atoms with Crippen LogP contribution in [0.5, 0.6) is 5.75 Å². The first-order valence-electron chi connectivity index (χ1n) is 24.2. The maximum atomic E-state index is 14.6. The lowest BCUT2D eigenvalue weighted by atomic mass is 9.68. The van der Waals surface area contributed by atoms with Crippen molar-refractivity contribution in [2.75, 3.05) is 40.9 Å². The quantitative estimate of drug-likeness (QED) is 0.182. The van der Waals surface area contributed by atoms with Crippen LogP contribution >= 0.6 is 0 Å².